The van der Waals surface area contributed by atoms with Crippen molar-refractivity contribution in [2.75, 3.05) is 0 Å². The summed E-state index contributed by atoms with van der Waals surface area (Å²) in [5, 5.41) is 0. The van der Waals surface area contributed by atoms with Crippen molar-refractivity contribution >= 4 is 16.3 Å². The molecule has 0 N–H and O–H groups in total. The number of hydrogen-bond donors (Lipinski definition) is 0. The van der Waals surface area contributed by atoms with Crippen molar-refractivity contribution in [2.24, 2.45) is 0 Å². The largest absolute Gasteiger partial charge is 0.287 e. The number of thiazole rings is 1. The monoisotopic (exact) mass is 260 g/mol. The van der Waals surface area contributed by atoms with Gasteiger partial charge in [0.25, 0.3) is 0 Å². The van der Waals surface area contributed by atoms with Crippen LogP contribution in [0, 0.1) is 26.6 Å². The van der Waals surface area contributed by atoms with E-state index in [1.54, 1.807) is 23.5 Å². The summed E-state index contributed by atoms with van der Waals surface area (Å²) < 4.78 is 15.2. The van der Waals surface area contributed by atoms with Gasteiger partial charge in [0.1, 0.15) is 5.82 Å². The van der Waals surface area contributed by atoms with E-state index >= 15 is 0 Å². The van der Waals surface area contributed by atoms with Gasteiger partial charge in [0.2, 0.25) is 0 Å². The fourth-order valence-corrected chi connectivity index (χ4v) is 3.21. The smallest absolute Gasteiger partial charge is 0.194 e. The standard InChI is InChI=1S/C14H13FN2S/c1-8-13(11-4-6-12(15)7-5-11)17-9(2)10(3)18-14(17)16-8/h4-7H,1-3H3. The maximum absolute atomic E-state index is 13.0. The SMILES string of the molecule is Cc1nc2sc(C)c(C)n2c1-c1ccc(F)cc1. The summed E-state index contributed by atoms with van der Waals surface area (Å²) in [6.07, 6.45) is 0. The van der Waals surface area contributed by atoms with E-state index in [1.807, 2.05) is 6.92 Å². The molecule has 92 valence electrons. The molecule has 0 atom stereocenters. The lowest BCUT2D eigenvalue weighted by Gasteiger charge is -2.03. The predicted molar refractivity (Wildman–Crippen MR) is 72.7 cm³/mol. The minimum atomic E-state index is -0.213. The van der Waals surface area contributed by atoms with Crippen LogP contribution in [0.15, 0.2) is 24.3 Å². The zero-order valence-corrected chi connectivity index (χ0v) is 11.3. The third-order valence-electron chi connectivity index (χ3n) is 3.23. The third-order valence-corrected chi connectivity index (χ3v) is 4.29. The second kappa shape index (κ2) is 3.92. The first-order valence-electron chi connectivity index (χ1n) is 5.79. The number of aryl methyl sites for hydroxylation is 3. The number of hydrogen-bond acceptors (Lipinski definition) is 2. The van der Waals surface area contributed by atoms with Crippen molar-refractivity contribution < 1.29 is 4.39 Å². The van der Waals surface area contributed by atoms with Crippen LogP contribution in [0.25, 0.3) is 16.2 Å². The molecule has 3 aromatic rings. The van der Waals surface area contributed by atoms with Crippen molar-refractivity contribution in [1.29, 1.82) is 0 Å². The first kappa shape index (κ1) is 11.4. The molecule has 2 aromatic heterocycles. The molecular weight excluding hydrogens is 247 g/mol. The van der Waals surface area contributed by atoms with Gasteiger partial charge in [0, 0.05) is 16.1 Å². The average molecular weight is 260 g/mol. The summed E-state index contributed by atoms with van der Waals surface area (Å²) in [6, 6.07) is 6.59. The van der Waals surface area contributed by atoms with Crippen molar-refractivity contribution in [2.45, 2.75) is 20.8 Å². The topological polar surface area (TPSA) is 17.3 Å². The van der Waals surface area contributed by atoms with Gasteiger partial charge in [-0.1, -0.05) is 0 Å². The summed E-state index contributed by atoms with van der Waals surface area (Å²) in [5.74, 6) is -0.213. The van der Waals surface area contributed by atoms with E-state index in [1.165, 1.54) is 22.7 Å². The maximum Gasteiger partial charge on any atom is 0.194 e. The van der Waals surface area contributed by atoms with Gasteiger partial charge in [-0.05, 0) is 45.0 Å². The highest BCUT2D eigenvalue weighted by molar-refractivity contribution is 7.17. The molecule has 0 unspecified atom stereocenters. The number of nitrogens with zero attached hydrogens (tertiary/aromatic N) is 2. The number of benzene rings is 1. The van der Waals surface area contributed by atoms with Crippen LogP contribution in [0.4, 0.5) is 4.39 Å². The first-order valence-corrected chi connectivity index (χ1v) is 6.60. The molecule has 3 rings (SSSR count). The number of aromatic nitrogens is 2. The van der Waals surface area contributed by atoms with Gasteiger partial charge >= 0.3 is 0 Å². The molecule has 18 heavy (non-hydrogen) atoms. The summed E-state index contributed by atoms with van der Waals surface area (Å²) in [6.45, 7) is 6.18. The molecular formula is C14H13FN2S. The minimum absolute atomic E-state index is 0.213. The molecule has 0 radical (unpaired) electrons. The second-order valence-corrected chi connectivity index (χ2v) is 5.60. The summed E-state index contributed by atoms with van der Waals surface area (Å²) in [5.41, 5.74) is 4.25. The Balaban J connectivity index is 2.33. The molecule has 0 aliphatic carbocycles. The number of rotatable bonds is 1. The number of fused-ring (bicyclic) bond motifs is 1. The highest BCUT2D eigenvalue weighted by Gasteiger charge is 2.15. The second-order valence-electron chi connectivity index (χ2n) is 4.41. The van der Waals surface area contributed by atoms with Gasteiger partial charge in [0.05, 0.1) is 11.4 Å². The summed E-state index contributed by atoms with van der Waals surface area (Å²) in [7, 11) is 0. The normalized spacial score (nSPS) is 11.3. The van der Waals surface area contributed by atoms with Crippen LogP contribution in [0.5, 0.6) is 0 Å². The lowest BCUT2D eigenvalue weighted by Crippen LogP contribution is -1.91. The fourth-order valence-electron chi connectivity index (χ4n) is 2.20. The fraction of sp³-hybridized carbons (Fsp3) is 0.214. The van der Waals surface area contributed by atoms with Crippen LogP contribution < -0.4 is 0 Å². The van der Waals surface area contributed by atoms with Crippen LogP contribution >= 0.6 is 11.3 Å². The zero-order chi connectivity index (χ0) is 12.9. The highest BCUT2D eigenvalue weighted by atomic mass is 32.1. The van der Waals surface area contributed by atoms with Gasteiger partial charge in [-0.25, -0.2) is 9.37 Å². The highest BCUT2D eigenvalue weighted by Crippen LogP contribution is 2.31. The van der Waals surface area contributed by atoms with E-state index < -0.39 is 0 Å². The zero-order valence-electron chi connectivity index (χ0n) is 10.5. The van der Waals surface area contributed by atoms with Crippen molar-refractivity contribution in [1.82, 2.24) is 9.38 Å². The van der Waals surface area contributed by atoms with Gasteiger partial charge in [-0.2, -0.15) is 0 Å². The van der Waals surface area contributed by atoms with E-state index in [-0.39, 0.29) is 5.82 Å². The average Bonchev–Trinajstić information content (AvgIpc) is 2.78. The molecule has 0 spiro atoms. The molecule has 0 saturated heterocycles. The Morgan fingerprint density at radius 1 is 1.11 bits per heavy atom. The number of imidazole rings is 1. The summed E-state index contributed by atoms with van der Waals surface area (Å²) in [4.78, 5) is 6.85. The van der Waals surface area contributed by atoms with Crippen molar-refractivity contribution in [3.8, 4) is 11.3 Å². The Morgan fingerprint density at radius 3 is 2.44 bits per heavy atom. The van der Waals surface area contributed by atoms with Gasteiger partial charge < -0.3 is 0 Å². The molecule has 0 bridgehead atoms. The Kier molecular flexibility index (Phi) is 2.48. The molecule has 2 heterocycles. The van der Waals surface area contributed by atoms with E-state index in [0.717, 1.165) is 21.9 Å². The lowest BCUT2D eigenvalue weighted by molar-refractivity contribution is 0.628. The lowest BCUT2D eigenvalue weighted by atomic mass is 10.1. The predicted octanol–water partition coefficient (Wildman–Crippen LogP) is 4.13. The van der Waals surface area contributed by atoms with Crippen molar-refractivity contribution in [3.63, 3.8) is 0 Å². The molecule has 4 heteroatoms. The van der Waals surface area contributed by atoms with Crippen LogP contribution in [-0.2, 0) is 0 Å². The molecule has 1 aromatic carbocycles. The molecule has 2 nitrogen and oxygen atoms in total. The Morgan fingerprint density at radius 2 is 1.78 bits per heavy atom. The Bertz CT molecular complexity index is 722. The Labute approximate surface area is 109 Å². The van der Waals surface area contributed by atoms with Crippen LogP contribution in [0.1, 0.15) is 16.3 Å². The van der Waals surface area contributed by atoms with E-state index in [9.17, 15) is 4.39 Å². The van der Waals surface area contributed by atoms with Crippen LogP contribution in [0.3, 0.4) is 0 Å². The third kappa shape index (κ3) is 1.56. The molecule has 0 saturated carbocycles. The quantitative estimate of drug-likeness (QED) is 0.643. The van der Waals surface area contributed by atoms with E-state index in [0.29, 0.717) is 0 Å². The van der Waals surface area contributed by atoms with Gasteiger partial charge in [0.15, 0.2) is 4.96 Å². The van der Waals surface area contributed by atoms with Gasteiger partial charge in [-0.3, -0.25) is 4.40 Å². The van der Waals surface area contributed by atoms with Crippen LogP contribution in [0.2, 0.25) is 0 Å². The molecule has 0 aliphatic heterocycles. The molecule has 0 amide bonds. The molecule has 0 aliphatic rings. The van der Waals surface area contributed by atoms with Gasteiger partial charge in [-0.15, -0.1) is 11.3 Å². The molecule has 0 fully saturated rings. The van der Waals surface area contributed by atoms with Crippen LogP contribution in [-0.4, -0.2) is 9.38 Å². The number of halogens is 1. The Hall–Kier alpha value is -1.68. The minimum Gasteiger partial charge on any atom is -0.287 e. The maximum atomic E-state index is 13.0. The first-order chi connectivity index (χ1) is 8.58. The summed E-state index contributed by atoms with van der Waals surface area (Å²) >= 11 is 1.69. The van der Waals surface area contributed by atoms with E-state index in [2.05, 4.69) is 23.2 Å². The van der Waals surface area contributed by atoms with Crippen molar-refractivity contribution in [3.05, 3.63) is 46.3 Å². The van der Waals surface area contributed by atoms with E-state index in [4.69, 9.17) is 0 Å².